The van der Waals surface area contributed by atoms with Gasteiger partial charge in [0.25, 0.3) is 11.8 Å². The number of anilines is 2. The Morgan fingerprint density at radius 2 is 1.81 bits per heavy atom. The number of hydrogen-bond acceptors (Lipinski definition) is 7. The summed E-state index contributed by atoms with van der Waals surface area (Å²) in [4.78, 5) is 37.4. The Hall–Kier alpha value is -3.59. The van der Waals surface area contributed by atoms with E-state index in [-0.39, 0.29) is 24.9 Å². The largest absolute Gasteiger partial charge is 0.484 e. The number of thiophene rings is 1. The highest BCUT2D eigenvalue weighted by Gasteiger charge is 2.22. The maximum absolute atomic E-state index is 12.3. The van der Waals surface area contributed by atoms with Gasteiger partial charge in [0.15, 0.2) is 12.4 Å². The van der Waals surface area contributed by atoms with Gasteiger partial charge in [0.1, 0.15) is 10.8 Å². The van der Waals surface area contributed by atoms with Gasteiger partial charge >= 0.3 is 5.97 Å². The maximum Gasteiger partial charge on any atom is 0.341 e. The van der Waals surface area contributed by atoms with E-state index in [1.165, 1.54) is 17.6 Å². The predicted molar refractivity (Wildman–Crippen MR) is 117 cm³/mol. The SMILES string of the molecule is CCOC(=O)c1c(NC(=O)COc2ccc(NC(=O)c3ccco3)cc2)sc(C)c1C. The molecule has 1 aromatic carbocycles. The van der Waals surface area contributed by atoms with Crippen LogP contribution >= 0.6 is 11.3 Å². The summed E-state index contributed by atoms with van der Waals surface area (Å²) in [7, 11) is 0. The van der Waals surface area contributed by atoms with Crippen molar-refractivity contribution in [2.24, 2.45) is 0 Å². The van der Waals surface area contributed by atoms with Crippen LogP contribution in [0.5, 0.6) is 5.75 Å². The number of carbonyl (C=O) groups is 3. The number of furan rings is 1. The molecule has 0 aliphatic rings. The molecule has 3 aromatic rings. The molecule has 3 rings (SSSR count). The highest BCUT2D eigenvalue weighted by Crippen LogP contribution is 2.33. The number of esters is 1. The third-order valence-corrected chi connectivity index (χ3v) is 5.47. The van der Waals surface area contributed by atoms with E-state index < -0.39 is 11.9 Å². The average Bonchev–Trinajstić information content (AvgIpc) is 3.37. The summed E-state index contributed by atoms with van der Waals surface area (Å²) in [5.41, 5.74) is 1.71. The van der Waals surface area contributed by atoms with Gasteiger partial charge in [-0.2, -0.15) is 0 Å². The summed E-state index contributed by atoms with van der Waals surface area (Å²) < 4.78 is 15.6. The van der Waals surface area contributed by atoms with Crippen LogP contribution in [0, 0.1) is 13.8 Å². The summed E-state index contributed by atoms with van der Waals surface area (Å²) in [5, 5.41) is 5.86. The Labute approximate surface area is 183 Å². The fourth-order valence-corrected chi connectivity index (χ4v) is 3.78. The minimum atomic E-state index is -0.465. The first kappa shape index (κ1) is 22.1. The van der Waals surface area contributed by atoms with Gasteiger partial charge in [-0.25, -0.2) is 4.79 Å². The molecule has 0 radical (unpaired) electrons. The first-order valence-corrected chi connectivity index (χ1v) is 10.3. The maximum atomic E-state index is 12.3. The van der Waals surface area contributed by atoms with Crippen molar-refractivity contribution < 1.29 is 28.3 Å². The molecule has 9 heteroatoms. The van der Waals surface area contributed by atoms with E-state index in [1.54, 1.807) is 43.3 Å². The molecule has 0 fully saturated rings. The molecule has 0 aliphatic heterocycles. The predicted octanol–water partition coefficient (Wildman–Crippen LogP) is 4.40. The van der Waals surface area contributed by atoms with Crippen LogP contribution in [0.3, 0.4) is 0 Å². The van der Waals surface area contributed by atoms with E-state index in [1.807, 2.05) is 13.8 Å². The van der Waals surface area contributed by atoms with Gasteiger partial charge in [-0.1, -0.05) is 0 Å². The van der Waals surface area contributed by atoms with Gasteiger partial charge in [-0.05, 0) is 62.7 Å². The van der Waals surface area contributed by atoms with Crippen molar-refractivity contribution in [3.8, 4) is 5.75 Å². The molecule has 2 aromatic heterocycles. The normalized spacial score (nSPS) is 10.4. The van der Waals surface area contributed by atoms with Crippen LogP contribution in [0.4, 0.5) is 10.7 Å². The second kappa shape index (κ2) is 9.94. The molecule has 0 atom stereocenters. The van der Waals surface area contributed by atoms with E-state index in [2.05, 4.69) is 10.6 Å². The zero-order chi connectivity index (χ0) is 22.4. The van der Waals surface area contributed by atoms with E-state index in [0.29, 0.717) is 22.0 Å². The van der Waals surface area contributed by atoms with Crippen molar-refractivity contribution >= 4 is 39.8 Å². The zero-order valence-corrected chi connectivity index (χ0v) is 18.1. The summed E-state index contributed by atoms with van der Waals surface area (Å²) in [6.45, 7) is 5.43. The Bertz CT molecular complexity index is 1070. The Kier molecular flexibility index (Phi) is 7.09. The summed E-state index contributed by atoms with van der Waals surface area (Å²) >= 11 is 1.32. The van der Waals surface area contributed by atoms with Crippen LogP contribution < -0.4 is 15.4 Å². The van der Waals surface area contributed by atoms with Crippen molar-refractivity contribution in [1.82, 2.24) is 0 Å². The molecule has 0 saturated heterocycles. The third-order valence-electron chi connectivity index (χ3n) is 4.34. The number of nitrogens with one attached hydrogen (secondary N) is 2. The highest BCUT2D eigenvalue weighted by molar-refractivity contribution is 7.16. The molecule has 2 amide bonds. The Morgan fingerprint density at radius 1 is 1.06 bits per heavy atom. The molecule has 0 unspecified atom stereocenters. The van der Waals surface area contributed by atoms with Crippen LogP contribution in [-0.2, 0) is 9.53 Å². The number of carbonyl (C=O) groups excluding carboxylic acids is 3. The lowest BCUT2D eigenvalue weighted by Gasteiger charge is -2.09. The van der Waals surface area contributed by atoms with Crippen molar-refractivity contribution in [3.63, 3.8) is 0 Å². The molecule has 8 nitrogen and oxygen atoms in total. The fraction of sp³-hybridized carbons (Fsp3) is 0.227. The van der Waals surface area contributed by atoms with E-state index in [0.717, 1.165) is 10.4 Å². The lowest BCUT2D eigenvalue weighted by atomic mass is 10.1. The van der Waals surface area contributed by atoms with Gasteiger partial charge in [0, 0.05) is 10.6 Å². The summed E-state index contributed by atoms with van der Waals surface area (Å²) in [5.74, 6) is -0.569. The van der Waals surface area contributed by atoms with Crippen molar-refractivity contribution in [2.75, 3.05) is 23.8 Å². The molecule has 0 saturated carbocycles. The van der Waals surface area contributed by atoms with Crippen LogP contribution in [0.15, 0.2) is 47.1 Å². The molecular weight excluding hydrogens is 420 g/mol. The van der Waals surface area contributed by atoms with Crippen LogP contribution in [0.2, 0.25) is 0 Å². The second-order valence-corrected chi connectivity index (χ2v) is 7.73. The zero-order valence-electron chi connectivity index (χ0n) is 17.3. The molecule has 31 heavy (non-hydrogen) atoms. The van der Waals surface area contributed by atoms with Gasteiger partial charge in [-0.3, -0.25) is 9.59 Å². The Morgan fingerprint density at radius 3 is 2.45 bits per heavy atom. The average molecular weight is 442 g/mol. The quantitative estimate of drug-likeness (QED) is 0.501. The minimum Gasteiger partial charge on any atom is -0.484 e. The first-order chi connectivity index (χ1) is 14.9. The molecule has 2 heterocycles. The number of amides is 2. The molecule has 0 aliphatic carbocycles. The topological polar surface area (TPSA) is 107 Å². The lowest BCUT2D eigenvalue weighted by Crippen LogP contribution is -2.21. The molecule has 162 valence electrons. The lowest BCUT2D eigenvalue weighted by molar-refractivity contribution is -0.118. The molecule has 0 spiro atoms. The van der Waals surface area contributed by atoms with Crippen molar-refractivity contribution in [1.29, 1.82) is 0 Å². The number of rotatable bonds is 8. The second-order valence-electron chi connectivity index (χ2n) is 6.50. The van der Waals surface area contributed by atoms with E-state index >= 15 is 0 Å². The van der Waals surface area contributed by atoms with Crippen LogP contribution in [-0.4, -0.2) is 31.0 Å². The standard InChI is InChI=1S/C22H22N2O6S/c1-4-28-22(27)19-13(2)14(3)31-21(19)24-18(25)12-30-16-9-7-15(8-10-16)23-20(26)17-6-5-11-29-17/h5-11H,4,12H2,1-3H3,(H,23,26)(H,24,25). The van der Waals surface area contributed by atoms with E-state index in [9.17, 15) is 14.4 Å². The van der Waals surface area contributed by atoms with Crippen LogP contribution in [0.25, 0.3) is 0 Å². The van der Waals surface area contributed by atoms with Crippen molar-refractivity contribution in [3.05, 3.63) is 64.4 Å². The summed E-state index contributed by atoms with van der Waals surface area (Å²) in [6.07, 6.45) is 1.42. The molecular formula is C22H22N2O6S. The van der Waals surface area contributed by atoms with Gasteiger partial charge in [0.05, 0.1) is 18.4 Å². The monoisotopic (exact) mass is 442 g/mol. The smallest absolute Gasteiger partial charge is 0.341 e. The van der Waals surface area contributed by atoms with Crippen LogP contribution in [0.1, 0.15) is 38.3 Å². The molecule has 2 N–H and O–H groups in total. The number of hydrogen-bond donors (Lipinski definition) is 2. The molecule has 0 bridgehead atoms. The first-order valence-electron chi connectivity index (χ1n) is 9.53. The highest BCUT2D eigenvalue weighted by atomic mass is 32.1. The summed E-state index contributed by atoms with van der Waals surface area (Å²) in [6, 6.07) is 9.77. The van der Waals surface area contributed by atoms with Gasteiger partial charge < -0.3 is 24.5 Å². The minimum absolute atomic E-state index is 0.207. The number of benzene rings is 1. The van der Waals surface area contributed by atoms with E-state index in [4.69, 9.17) is 13.9 Å². The van der Waals surface area contributed by atoms with Crippen molar-refractivity contribution in [2.45, 2.75) is 20.8 Å². The fourth-order valence-electron chi connectivity index (χ4n) is 2.71. The van der Waals surface area contributed by atoms with Gasteiger partial charge in [0.2, 0.25) is 0 Å². The third kappa shape index (κ3) is 5.52. The van der Waals surface area contributed by atoms with Gasteiger partial charge in [-0.15, -0.1) is 11.3 Å². The number of aryl methyl sites for hydroxylation is 1. The Balaban J connectivity index is 1.56. The number of ether oxygens (including phenoxy) is 2.